The molecule has 2 nitrogen and oxygen atoms in total. The fraction of sp³-hybridized carbons (Fsp3) is 0.667. The summed E-state index contributed by atoms with van der Waals surface area (Å²) < 4.78 is 0. The van der Waals surface area contributed by atoms with Crippen LogP contribution in [0.1, 0.15) is 45.7 Å². The molecule has 1 rings (SSSR count). The third-order valence-corrected chi connectivity index (χ3v) is 3.69. The van der Waals surface area contributed by atoms with Gasteiger partial charge in [0.15, 0.2) is 0 Å². The van der Waals surface area contributed by atoms with Gasteiger partial charge in [-0.1, -0.05) is 45.0 Å². The van der Waals surface area contributed by atoms with Gasteiger partial charge < -0.3 is 5.32 Å². The summed E-state index contributed by atoms with van der Waals surface area (Å²) in [5.41, 5.74) is 2.84. The summed E-state index contributed by atoms with van der Waals surface area (Å²) in [6.45, 7) is 15.6. The normalized spacial score (nSPS) is 11.8. The van der Waals surface area contributed by atoms with E-state index in [1.807, 2.05) is 0 Å². The van der Waals surface area contributed by atoms with Crippen LogP contribution in [0.5, 0.6) is 0 Å². The third kappa shape index (κ3) is 6.53. The van der Waals surface area contributed by atoms with Crippen LogP contribution in [-0.4, -0.2) is 30.6 Å². The Morgan fingerprint density at radius 1 is 1.00 bits per heavy atom. The molecular formula is C18H32N2. The molecule has 0 amide bonds. The molecule has 0 aliphatic carbocycles. The van der Waals surface area contributed by atoms with Crippen LogP contribution >= 0.6 is 0 Å². The van der Waals surface area contributed by atoms with Gasteiger partial charge in [0.2, 0.25) is 0 Å². The highest BCUT2D eigenvalue weighted by molar-refractivity contribution is 5.22. The van der Waals surface area contributed by atoms with Gasteiger partial charge in [0.25, 0.3) is 0 Å². The molecule has 2 heteroatoms. The van der Waals surface area contributed by atoms with E-state index in [1.54, 1.807) is 0 Å². The van der Waals surface area contributed by atoms with Crippen molar-refractivity contribution in [3.8, 4) is 0 Å². The first-order chi connectivity index (χ1) is 9.52. The van der Waals surface area contributed by atoms with Crippen LogP contribution in [0.15, 0.2) is 24.3 Å². The van der Waals surface area contributed by atoms with Crippen molar-refractivity contribution in [3.05, 3.63) is 35.4 Å². The maximum atomic E-state index is 3.50. The zero-order valence-electron chi connectivity index (χ0n) is 13.9. The summed E-state index contributed by atoms with van der Waals surface area (Å²) in [6.07, 6.45) is 1.12. The van der Waals surface area contributed by atoms with Gasteiger partial charge in [-0.2, -0.15) is 0 Å². The van der Waals surface area contributed by atoms with E-state index in [9.17, 15) is 0 Å². The molecule has 0 aliphatic heterocycles. The predicted molar refractivity (Wildman–Crippen MR) is 89.1 cm³/mol. The van der Waals surface area contributed by atoms with Gasteiger partial charge in [-0.3, -0.25) is 4.90 Å². The van der Waals surface area contributed by atoms with Crippen LogP contribution in [-0.2, 0) is 13.0 Å². The minimum absolute atomic E-state index is 0.611. The summed E-state index contributed by atoms with van der Waals surface area (Å²) in [5, 5.41) is 3.50. The average Bonchev–Trinajstić information content (AvgIpc) is 2.41. The molecular weight excluding hydrogens is 244 g/mol. The molecule has 0 radical (unpaired) electrons. The maximum Gasteiger partial charge on any atom is 0.0236 e. The lowest BCUT2D eigenvalue weighted by molar-refractivity contribution is 0.225. The molecule has 1 N–H and O–H groups in total. The first kappa shape index (κ1) is 17.2. The molecule has 0 aromatic heterocycles. The molecule has 0 saturated carbocycles. The largest absolute Gasteiger partial charge is 0.316 e. The van der Waals surface area contributed by atoms with E-state index in [-0.39, 0.29) is 0 Å². The Morgan fingerprint density at radius 2 is 1.60 bits per heavy atom. The highest BCUT2D eigenvalue weighted by Crippen LogP contribution is 2.10. The fourth-order valence-electron chi connectivity index (χ4n) is 2.33. The van der Waals surface area contributed by atoms with Crippen LogP contribution in [0.4, 0.5) is 0 Å². The smallest absolute Gasteiger partial charge is 0.0236 e. The Balaban J connectivity index is 2.40. The lowest BCUT2D eigenvalue weighted by Gasteiger charge is -2.24. The van der Waals surface area contributed by atoms with Crippen molar-refractivity contribution >= 4 is 0 Å². The lowest BCUT2D eigenvalue weighted by atomic mass is 10.1. The lowest BCUT2D eigenvalue weighted by Crippen LogP contribution is -2.29. The number of benzene rings is 1. The Hall–Kier alpha value is -0.860. The summed E-state index contributed by atoms with van der Waals surface area (Å²) in [7, 11) is 0. The van der Waals surface area contributed by atoms with E-state index in [0.717, 1.165) is 38.5 Å². The van der Waals surface area contributed by atoms with Crippen molar-refractivity contribution in [3.63, 3.8) is 0 Å². The zero-order chi connectivity index (χ0) is 15.0. The minimum Gasteiger partial charge on any atom is -0.316 e. The number of hydrogen-bond acceptors (Lipinski definition) is 2. The topological polar surface area (TPSA) is 15.3 Å². The standard InChI is InChI=1S/C18H32N2/c1-6-20(16(4)5)14-18-9-7-17(8-10-18)11-12-19-13-15(2)3/h7-10,15-16,19H,6,11-14H2,1-5H3. The first-order valence-electron chi connectivity index (χ1n) is 8.05. The fourth-order valence-corrected chi connectivity index (χ4v) is 2.33. The van der Waals surface area contributed by atoms with Gasteiger partial charge in [-0.05, 0) is 56.9 Å². The van der Waals surface area contributed by atoms with Crippen LogP contribution in [0.2, 0.25) is 0 Å². The Labute approximate surface area is 125 Å². The molecule has 0 unspecified atom stereocenters. The molecule has 0 atom stereocenters. The molecule has 0 saturated heterocycles. The minimum atomic E-state index is 0.611. The third-order valence-electron chi connectivity index (χ3n) is 3.69. The summed E-state index contributed by atoms with van der Waals surface area (Å²) in [5.74, 6) is 0.730. The van der Waals surface area contributed by atoms with Gasteiger partial charge in [0.05, 0.1) is 0 Å². The van der Waals surface area contributed by atoms with Crippen LogP contribution in [0, 0.1) is 5.92 Å². The van der Waals surface area contributed by atoms with E-state index in [1.165, 1.54) is 11.1 Å². The first-order valence-corrected chi connectivity index (χ1v) is 8.05. The monoisotopic (exact) mass is 276 g/mol. The van der Waals surface area contributed by atoms with Crippen LogP contribution in [0.3, 0.4) is 0 Å². The predicted octanol–water partition coefficient (Wildman–Crippen LogP) is 3.71. The quantitative estimate of drug-likeness (QED) is 0.692. The van der Waals surface area contributed by atoms with E-state index < -0.39 is 0 Å². The number of rotatable bonds is 9. The molecule has 0 fully saturated rings. The van der Waals surface area contributed by atoms with E-state index in [4.69, 9.17) is 0 Å². The number of hydrogen-bond donors (Lipinski definition) is 1. The molecule has 0 bridgehead atoms. The van der Waals surface area contributed by atoms with Gasteiger partial charge >= 0.3 is 0 Å². The van der Waals surface area contributed by atoms with Crippen molar-refractivity contribution < 1.29 is 0 Å². The second kappa shape index (κ2) is 9.15. The van der Waals surface area contributed by atoms with Gasteiger partial charge in [0.1, 0.15) is 0 Å². The van der Waals surface area contributed by atoms with Gasteiger partial charge in [-0.25, -0.2) is 0 Å². The molecule has 114 valence electrons. The molecule has 0 spiro atoms. The van der Waals surface area contributed by atoms with Crippen LogP contribution in [0.25, 0.3) is 0 Å². The molecule has 0 heterocycles. The van der Waals surface area contributed by atoms with E-state index >= 15 is 0 Å². The second-order valence-electron chi connectivity index (χ2n) is 6.32. The van der Waals surface area contributed by atoms with Crippen LogP contribution < -0.4 is 5.32 Å². The maximum absolute atomic E-state index is 3.50. The Morgan fingerprint density at radius 3 is 2.10 bits per heavy atom. The van der Waals surface area contributed by atoms with E-state index in [0.29, 0.717) is 6.04 Å². The summed E-state index contributed by atoms with van der Waals surface area (Å²) >= 11 is 0. The Kier molecular flexibility index (Phi) is 7.86. The Bertz CT molecular complexity index is 354. The molecule has 0 aliphatic rings. The van der Waals surface area contributed by atoms with Crippen molar-refractivity contribution in [2.24, 2.45) is 5.92 Å². The van der Waals surface area contributed by atoms with E-state index in [2.05, 4.69) is 69.1 Å². The summed E-state index contributed by atoms with van der Waals surface area (Å²) in [4.78, 5) is 2.49. The summed E-state index contributed by atoms with van der Waals surface area (Å²) in [6, 6.07) is 9.73. The van der Waals surface area contributed by atoms with Crippen molar-refractivity contribution in [1.82, 2.24) is 10.2 Å². The molecule has 1 aromatic rings. The molecule has 20 heavy (non-hydrogen) atoms. The molecule has 1 aromatic carbocycles. The van der Waals surface area contributed by atoms with Crippen molar-refractivity contribution in [2.75, 3.05) is 19.6 Å². The SMILES string of the molecule is CCN(Cc1ccc(CCNCC(C)C)cc1)C(C)C. The van der Waals surface area contributed by atoms with Gasteiger partial charge in [0, 0.05) is 12.6 Å². The second-order valence-corrected chi connectivity index (χ2v) is 6.32. The van der Waals surface area contributed by atoms with Crippen molar-refractivity contribution in [2.45, 2.75) is 53.6 Å². The number of nitrogens with zero attached hydrogens (tertiary/aromatic N) is 1. The highest BCUT2D eigenvalue weighted by Gasteiger charge is 2.07. The number of nitrogens with one attached hydrogen (secondary N) is 1. The van der Waals surface area contributed by atoms with Gasteiger partial charge in [-0.15, -0.1) is 0 Å². The van der Waals surface area contributed by atoms with Crippen molar-refractivity contribution in [1.29, 1.82) is 0 Å². The highest BCUT2D eigenvalue weighted by atomic mass is 15.1. The zero-order valence-corrected chi connectivity index (χ0v) is 13.9. The average molecular weight is 276 g/mol.